The van der Waals surface area contributed by atoms with Gasteiger partial charge in [-0.1, -0.05) is 0 Å². The monoisotopic (exact) mass is 210 g/mol. The molecule has 0 aromatic rings. The highest BCUT2D eigenvalue weighted by molar-refractivity contribution is 7.91. The number of nitrogens with two attached hydrogens (primary N) is 1. The van der Waals surface area contributed by atoms with Crippen molar-refractivity contribution in [2.24, 2.45) is 0 Å². The maximum absolute atomic E-state index is 11.0. The summed E-state index contributed by atoms with van der Waals surface area (Å²) in [5.74, 6) is -1.41. The summed E-state index contributed by atoms with van der Waals surface area (Å²) < 4.78 is 21.9. The lowest BCUT2D eigenvalue weighted by Gasteiger charge is -2.08. The predicted molar refractivity (Wildman–Crippen MR) is 42.9 cm³/mol. The second-order valence-electron chi connectivity index (χ2n) is 3.14. The minimum atomic E-state index is -3.17. The summed E-state index contributed by atoms with van der Waals surface area (Å²) in [5.41, 5.74) is 0. The van der Waals surface area contributed by atoms with Gasteiger partial charge in [-0.15, -0.1) is 0 Å². The van der Waals surface area contributed by atoms with Gasteiger partial charge in [0.2, 0.25) is 0 Å². The van der Waals surface area contributed by atoms with Crippen molar-refractivity contribution in [3.05, 3.63) is 0 Å². The standard InChI is InChI=1S/C6H11NO5S/c8-5-3-13(11,12)2-4(5)7-1-6(9)10/h4-5,7-8H,1-3H2,(H,9,10)/p+1. The van der Waals surface area contributed by atoms with Crippen LogP contribution in [0.2, 0.25) is 0 Å². The molecule has 0 saturated carbocycles. The SMILES string of the molecule is O=C(O)C[NH2+]C1CS(=O)(=O)CC1O. The molecule has 6 nitrogen and oxygen atoms in total. The van der Waals surface area contributed by atoms with Crippen LogP contribution in [0.4, 0.5) is 0 Å². The van der Waals surface area contributed by atoms with Crippen LogP contribution in [-0.2, 0) is 14.6 Å². The van der Waals surface area contributed by atoms with Gasteiger partial charge < -0.3 is 15.5 Å². The predicted octanol–water partition coefficient (Wildman–Crippen LogP) is -3.21. The minimum absolute atomic E-state index is 0.137. The van der Waals surface area contributed by atoms with E-state index in [9.17, 15) is 18.3 Å². The van der Waals surface area contributed by atoms with Crippen LogP contribution in [0, 0.1) is 0 Å². The molecule has 0 amide bonds. The fraction of sp³-hybridized carbons (Fsp3) is 0.833. The number of hydrogen-bond donors (Lipinski definition) is 3. The Morgan fingerprint density at radius 1 is 1.46 bits per heavy atom. The third-order valence-corrected chi connectivity index (χ3v) is 3.70. The number of sulfone groups is 1. The highest BCUT2D eigenvalue weighted by Crippen LogP contribution is 2.08. The van der Waals surface area contributed by atoms with E-state index < -0.39 is 28.0 Å². The van der Waals surface area contributed by atoms with E-state index in [1.807, 2.05) is 0 Å². The zero-order valence-corrected chi connectivity index (χ0v) is 7.70. The molecule has 1 saturated heterocycles. The molecule has 76 valence electrons. The molecule has 2 atom stereocenters. The quantitative estimate of drug-likeness (QED) is 0.454. The zero-order chi connectivity index (χ0) is 10.1. The fourth-order valence-corrected chi connectivity index (χ4v) is 3.18. The van der Waals surface area contributed by atoms with Crippen molar-refractivity contribution in [3.8, 4) is 0 Å². The molecular formula is C6H12NO5S+. The highest BCUT2D eigenvalue weighted by Gasteiger charge is 2.39. The largest absolute Gasteiger partial charge is 0.477 e. The summed E-state index contributed by atoms with van der Waals surface area (Å²) in [6.45, 7) is -0.211. The van der Waals surface area contributed by atoms with Crippen LogP contribution in [0.5, 0.6) is 0 Å². The Labute approximate surface area is 75.5 Å². The van der Waals surface area contributed by atoms with Gasteiger partial charge >= 0.3 is 5.97 Å². The second-order valence-corrected chi connectivity index (χ2v) is 5.30. The lowest BCUT2D eigenvalue weighted by atomic mass is 10.2. The van der Waals surface area contributed by atoms with E-state index in [0.29, 0.717) is 0 Å². The normalized spacial score (nSPS) is 31.8. The molecule has 0 spiro atoms. The summed E-state index contributed by atoms with van der Waals surface area (Å²) in [7, 11) is -3.17. The van der Waals surface area contributed by atoms with E-state index in [4.69, 9.17) is 5.11 Å². The summed E-state index contributed by atoms with van der Waals surface area (Å²) in [6, 6.07) is -0.527. The maximum Gasteiger partial charge on any atom is 0.359 e. The molecule has 7 heteroatoms. The average Bonchev–Trinajstić information content (AvgIpc) is 2.20. The van der Waals surface area contributed by atoms with E-state index in [1.165, 1.54) is 5.32 Å². The molecule has 4 N–H and O–H groups in total. The van der Waals surface area contributed by atoms with Gasteiger partial charge in [0.15, 0.2) is 16.4 Å². The Kier molecular flexibility index (Phi) is 2.89. The van der Waals surface area contributed by atoms with E-state index in [-0.39, 0.29) is 18.1 Å². The Morgan fingerprint density at radius 2 is 2.08 bits per heavy atom. The van der Waals surface area contributed by atoms with Gasteiger partial charge in [-0.2, -0.15) is 0 Å². The summed E-state index contributed by atoms with van der Waals surface area (Å²) in [6.07, 6.45) is -0.940. The van der Waals surface area contributed by atoms with Crippen molar-refractivity contribution >= 4 is 15.8 Å². The lowest BCUT2D eigenvalue weighted by Crippen LogP contribution is -2.94. The Morgan fingerprint density at radius 3 is 2.46 bits per heavy atom. The number of carboxylic acid groups (broad SMARTS) is 1. The second kappa shape index (κ2) is 3.60. The van der Waals surface area contributed by atoms with E-state index >= 15 is 0 Å². The number of carbonyl (C=O) groups is 1. The molecule has 0 aromatic carbocycles. The molecule has 0 aliphatic carbocycles. The number of carboxylic acids is 1. The van der Waals surface area contributed by atoms with Crippen LogP contribution >= 0.6 is 0 Å². The average molecular weight is 210 g/mol. The third kappa shape index (κ3) is 2.94. The van der Waals surface area contributed by atoms with Gasteiger partial charge in [0.1, 0.15) is 17.9 Å². The number of aliphatic carboxylic acids is 1. The highest BCUT2D eigenvalue weighted by atomic mass is 32.2. The van der Waals surface area contributed by atoms with Crippen molar-refractivity contribution < 1.29 is 28.7 Å². The Hall–Kier alpha value is -0.660. The van der Waals surface area contributed by atoms with Gasteiger partial charge in [-0.3, -0.25) is 0 Å². The molecule has 2 unspecified atom stereocenters. The topological polar surface area (TPSA) is 108 Å². The van der Waals surface area contributed by atoms with Crippen LogP contribution < -0.4 is 5.32 Å². The van der Waals surface area contributed by atoms with Crippen molar-refractivity contribution in [2.45, 2.75) is 12.1 Å². The molecule has 13 heavy (non-hydrogen) atoms. The molecule has 1 rings (SSSR count). The number of aliphatic hydroxyl groups is 1. The maximum atomic E-state index is 11.0. The third-order valence-electron chi connectivity index (χ3n) is 1.96. The Balaban J connectivity index is 2.49. The van der Waals surface area contributed by atoms with E-state index in [0.717, 1.165) is 0 Å². The first-order valence-corrected chi connectivity index (χ1v) is 5.66. The van der Waals surface area contributed by atoms with Crippen molar-refractivity contribution in [2.75, 3.05) is 18.1 Å². The minimum Gasteiger partial charge on any atom is -0.477 e. The van der Waals surface area contributed by atoms with Gasteiger partial charge in [-0.25, -0.2) is 13.2 Å². The van der Waals surface area contributed by atoms with Crippen molar-refractivity contribution in [1.82, 2.24) is 0 Å². The van der Waals surface area contributed by atoms with Gasteiger partial charge in [-0.05, 0) is 0 Å². The molecule has 0 bridgehead atoms. The van der Waals surface area contributed by atoms with E-state index in [1.54, 1.807) is 0 Å². The molecular weight excluding hydrogens is 198 g/mol. The summed E-state index contributed by atoms with van der Waals surface area (Å²) >= 11 is 0. The van der Waals surface area contributed by atoms with Crippen LogP contribution in [0.25, 0.3) is 0 Å². The molecule has 1 aliphatic rings. The van der Waals surface area contributed by atoms with Crippen molar-refractivity contribution in [3.63, 3.8) is 0 Å². The van der Waals surface area contributed by atoms with Crippen molar-refractivity contribution in [1.29, 1.82) is 0 Å². The zero-order valence-electron chi connectivity index (χ0n) is 6.88. The number of rotatable bonds is 3. The summed E-state index contributed by atoms with van der Waals surface area (Å²) in [5, 5.41) is 18.9. The molecule has 1 aliphatic heterocycles. The number of quaternary nitrogens is 1. The Bertz CT molecular complexity index is 298. The van der Waals surface area contributed by atoms with Gasteiger partial charge in [0, 0.05) is 0 Å². The lowest BCUT2D eigenvalue weighted by molar-refractivity contribution is -0.681. The molecule has 0 radical (unpaired) electrons. The molecule has 1 heterocycles. The van der Waals surface area contributed by atoms with Crippen LogP contribution in [-0.4, -0.2) is 54.8 Å². The first kappa shape index (κ1) is 10.4. The molecule has 1 fully saturated rings. The van der Waals surface area contributed by atoms with Crippen LogP contribution in [0.1, 0.15) is 0 Å². The number of hydrogen-bond acceptors (Lipinski definition) is 4. The van der Waals surface area contributed by atoms with Crippen LogP contribution in [0.15, 0.2) is 0 Å². The summed E-state index contributed by atoms with van der Waals surface area (Å²) in [4.78, 5) is 10.2. The fourth-order valence-electron chi connectivity index (χ4n) is 1.33. The first-order chi connectivity index (χ1) is 5.91. The van der Waals surface area contributed by atoms with Crippen LogP contribution in [0.3, 0.4) is 0 Å². The number of aliphatic hydroxyl groups excluding tert-OH is 1. The van der Waals surface area contributed by atoms with E-state index in [2.05, 4.69) is 0 Å². The van der Waals surface area contributed by atoms with Gasteiger partial charge in [0.05, 0.1) is 5.75 Å². The van der Waals surface area contributed by atoms with Gasteiger partial charge in [0.25, 0.3) is 0 Å². The first-order valence-electron chi connectivity index (χ1n) is 3.84. The molecule has 0 aromatic heterocycles. The smallest absolute Gasteiger partial charge is 0.359 e.